The second-order valence-corrected chi connectivity index (χ2v) is 8.47. The van der Waals surface area contributed by atoms with Crippen LogP contribution >= 0.6 is 0 Å². The highest BCUT2D eigenvalue weighted by Gasteiger charge is 2.19. The number of nitrogens with zero attached hydrogens (tertiary/aromatic N) is 2. The smallest absolute Gasteiger partial charge is 0.108 e. The highest BCUT2D eigenvalue weighted by molar-refractivity contribution is 5.29. The van der Waals surface area contributed by atoms with Crippen molar-refractivity contribution in [1.29, 1.82) is 0 Å². The average molecular weight is 431 g/mol. The maximum atomic E-state index is 10.4. The number of rotatable bonds is 10. The van der Waals surface area contributed by atoms with E-state index in [1.165, 1.54) is 11.1 Å². The zero-order valence-electron chi connectivity index (χ0n) is 18.7. The summed E-state index contributed by atoms with van der Waals surface area (Å²) in [6.45, 7) is 6.77. The second-order valence-electron chi connectivity index (χ2n) is 8.47. The van der Waals surface area contributed by atoms with Gasteiger partial charge in [0, 0.05) is 39.3 Å². The van der Waals surface area contributed by atoms with Crippen molar-refractivity contribution >= 4 is 0 Å². The van der Waals surface area contributed by atoms with Gasteiger partial charge in [0.05, 0.1) is 12.7 Å². The van der Waals surface area contributed by atoms with Gasteiger partial charge in [-0.1, -0.05) is 91.0 Å². The number of benzene rings is 3. The molecule has 168 valence electrons. The molecule has 1 saturated heterocycles. The predicted molar refractivity (Wildman–Crippen MR) is 130 cm³/mol. The van der Waals surface area contributed by atoms with E-state index in [2.05, 4.69) is 58.3 Å². The highest BCUT2D eigenvalue weighted by atomic mass is 16.5. The summed E-state index contributed by atoms with van der Waals surface area (Å²) < 4.78 is 6.38. The number of hydrogen-bond acceptors (Lipinski definition) is 4. The first-order chi connectivity index (χ1) is 15.8. The molecule has 0 amide bonds. The fourth-order valence-electron chi connectivity index (χ4n) is 4.32. The molecule has 0 saturated carbocycles. The molecule has 1 unspecified atom stereocenters. The first-order valence-electron chi connectivity index (χ1n) is 11.7. The van der Waals surface area contributed by atoms with Crippen LogP contribution in [-0.2, 0) is 4.74 Å². The van der Waals surface area contributed by atoms with Crippen LogP contribution in [0.2, 0.25) is 0 Å². The molecular weight excluding hydrogens is 396 g/mol. The quantitative estimate of drug-likeness (QED) is 0.513. The molecule has 4 rings (SSSR count). The Labute approximate surface area is 192 Å². The van der Waals surface area contributed by atoms with Gasteiger partial charge >= 0.3 is 0 Å². The van der Waals surface area contributed by atoms with Crippen molar-refractivity contribution in [2.75, 3.05) is 45.9 Å². The highest BCUT2D eigenvalue weighted by Crippen LogP contribution is 2.25. The third-order valence-corrected chi connectivity index (χ3v) is 6.26. The van der Waals surface area contributed by atoms with E-state index in [1.807, 2.05) is 42.5 Å². The normalized spacial score (nSPS) is 16.3. The van der Waals surface area contributed by atoms with E-state index in [1.54, 1.807) is 0 Å². The summed E-state index contributed by atoms with van der Waals surface area (Å²) in [5, 5.41) is 10.4. The van der Waals surface area contributed by atoms with Crippen molar-refractivity contribution in [3.05, 3.63) is 108 Å². The number of piperazine rings is 1. The molecule has 1 aliphatic heterocycles. The molecule has 0 aliphatic carbocycles. The molecular formula is C28H34N2O2. The Morgan fingerprint density at radius 2 is 1.06 bits per heavy atom. The van der Waals surface area contributed by atoms with Crippen molar-refractivity contribution in [3.63, 3.8) is 0 Å². The predicted octanol–water partition coefficient (Wildman–Crippen LogP) is 4.53. The molecule has 1 atom stereocenters. The Kier molecular flexibility index (Phi) is 8.46. The van der Waals surface area contributed by atoms with Crippen LogP contribution in [0.15, 0.2) is 91.0 Å². The van der Waals surface area contributed by atoms with Crippen LogP contribution < -0.4 is 0 Å². The Balaban J connectivity index is 1.20. The molecule has 1 N–H and O–H groups in total. The monoisotopic (exact) mass is 430 g/mol. The summed E-state index contributed by atoms with van der Waals surface area (Å²) >= 11 is 0. The van der Waals surface area contributed by atoms with Crippen molar-refractivity contribution in [3.8, 4) is 0 Å². The summed E-state index contributed by atoms with van der Waals surface area (Å²) in [6, 6.07) is 30.9. The molecule has 4 nitrogen and oxygen atoms in total. The zero-order valence-corrected chi connectivity index (χ0v) is 18.7. The number of ether oxygens (including phenoxy) is 1. The number of aliphatic hydroxyl groups is 1. The average Bonchev–Trinajstić information content (AvgIpc) is 2.87. The van der Waals surface area contributed by atoms with Crippen LogP contribution in [0.25, 0.3) is 0 Å². The van der Waals surface area contributed by atoms with Gasteiger partial charge in [0.1, 0.15) is 6.10 Å². The van der Waals surface area contributed by atoms with Gasteiger partial charge in [0.2, 0.25) is 0 Å². The van der Waals surface area contributed by atoms with Gasteiger partial charge in [0.15, 0.2) is 0 Å². The van der Waals surface area contributed by atoms with Gasteiger partial charge in [-0.05, 0) is 23.1 Å². The Hall–Kier alpha value is -2.50. The van der Waals surface area contributed by atoms with Crippen LogP contribution in [0.3, 0.4) is 0 Å². The molecule has 32 heavy (non-hydrogen) atoms. The topological polar surface area (TPSA) is 35.9 Å². The maximum absolute atomic E-state index is 10.4. The lowest BCUT2D eigenvalue weighted by Gasteiger charge is -2.35. The minimum atomic E-state index is -0.379. The second kappa shape index (κ2) is 11.9. The van der Waals surface area contributed by atoms with Crippen molar-refractivity contribution < 1.29 is 9.84 Å². The minimum Gasteiger partial charge on any atom is -0.388 e. The summed E-state index contributed by atoms with van der Waals surface area (Å²) in [5.74, 6) is 0. The summed E-state index contributed by atoms with van der Waals surface area (Å²) in [7, 11) is 0. The number of hydrogen-bond donors (Lipinski definition) is 1. The molecule has 0 spiro atoms. The lowest BCUT2D eigenvalue weighted by atomic mass is 10.0. The molecule has 0 radical (unpaired) electrons. The molecule has 1 fully saturated rings. The van der Waals surface area contributed by atoms with Crippen LogP contribution in [-0.4, -0.2) is 60.8 Å². The Morgan fingerprint density at radius 1 is 0.625 bits per heavy atom. The van der Waals surface area contributed by atoms with E-state index in [-0.39, 0.29) is 12.2 Å². The third kappa shape index (κ3) is 6.50. The van der Waals surface area contributed by atoms with Crippen molar-refractivity contribution in [1.82, 2.24) is 9.80 Å². The molecule has 3 aromatic carbocycles. The molecule has 1 heterocycles. The Bertz CT molecular complexity index is 857. The van der Waals surface area contributed by atoms with E-state index < -0.39 is 0 Å². The van der Waals surface area contributed by atoms with E-state index >= 15 is 0 Å². The van der Waals surface area contributed by atoms with Crippen LogP contribution in [0.1, 0.15) is 35.3 Å². The van der Waals surface area contributed by atoms with Gasteiger partial charge in [-0.15, -0.1) is 0 Å². The van der Waals surface area contributed by atoms with E-state index in [0.717, 1.165) is 51.3 Å². The lowest BCUT2D eigenvalue weighted by Crippen LogP contribution is -2.47. The first kappa shape index (κ1) is 22.7. The standard InChI is InChI=1S/C28H34N2O2/c31-27(24-10-4-1-5-11-24)16-17-29-18-20-30(21-19-29)22-23-32-28(25-12-6-2-7-13-25)26-14-8-3-9-15-26/h1-15,27-28,31H,16-23H2. The van der Waals surface area contributed by atoms with E-state index in [9.17, 15) is 5.11 Å². The Morgan fingerprint density at radius 3 is 1.56 bits per heavy atom. The molecule has 0 aromatic heterocycles. The minimum absolute atomic E-state index is 0.0295. The first-order valence-corrected chi connectivity index (χ1v) is 11.7. The van der Waals surface area contributed by atoms with Crippen molar-refractivity contribution in [2.24, 2.45) is 0 Å². The van der Waals surface area contributed by atoms with Gasteiger partial charge in [-0.25, -0.2) is 0 Å². The largest absolute Gasteiger partial charge is 0.388 e. The fraction of sp³-hybridized carbons (Fsp3) is 0.357. The molecule has 3 aromatic rings. The van der Waals surface area contributed by atoms with Crippen LogP contribution in [0.4, 0.5) is 0 Å². The van der Waals surface area contributed by atoms with Gasteiger partial charge < -0.3 is 14.7 Å². The summed E-state index contributed by atoms with van der Waals surface area (Å²) in [6.07, 6.45) is 0.372. The van der Waals surface area contributed by atoms with Gasteiger partial charge in [0.25, 0.3) is 0 Å². The summed E-state index contributed by atoms with van der Waals surface area (Å²) in [5.41, 5.74) is 3.40. The van der Waals surface area contributed by atoms with Crippen molar-refractivity contribution in [2.45, 2.75) is 18.6 Å². The van der Waals surface area contributed by atoms with Gasteiger partial charge in [-0.3, -0.25) is 4.90 Å². The molecule has 1 aliphatic rings. The third-order valence-electron chi connectivity index (χ3n) is 6.26. The van der Waals surface area contributed by atoms with Crippen LogP contribution in [0.5, 0.6) is 0 Å². The van der Waals surface area contributed by atoms with Gasteiger partial charge in [-0.2, -0.15) is 0 Å². The fourth-order valence-corrected chi connectivity index (χ4v) is 4.32. The zero-order chi connectivity index (χ0) is 22.0. The lowest BCUT2D eigenvalue weighted by molar-refractivity contribution is 0.0426. The maximum Gasteiger partial charge on any atom is 0.108 e. The van der Waals surface area contributed by atoms with E-state index in [4.69, 9.17) is 4.74 Å². The summed E-state index contributed by atoms with van der Waals surface area (Å²) in [4.78, 5) is 4.94. The number of aliphatic hydroxyl groups excluding tert-OH is 1. The molecule has 4 heteroatoms. The SMILES string of the molecule is OC(CCN1CCN(CCOC(c2ccccc2)c2ccccc2)CC1)c1ccccc1. The van der Waals surface area contributed by atoms with E-state index in [0.29, 0.717) is 6.61 Å². The van der Waals surface area contributed by atoms with Crippen LogP contribution in [0, 0.1) is 0 Å². The molecule has 0 bridgehead atoms.